The van der Waals surface area contributed by atoms with Gasteiger partial charge in [-0.15, -0.1) is 0 Å². The molecule has 114 valence electrons. The van der Waals surface area contributed by atoms with Crippen LogP contribution in [0.2, 0.25) is 5.02 Å². The van der Waals surface area contributed by atoms with E-state index in [1.807, 2.05) is 48.7 Å². The number of halogens is 1. The van der Waals surface area contributed by atoms with Crippen molar-refractivity contribution >= 4 is 44.9 Å². The molecule has 0 aliphatic carbocycles. The van der Waals surface area contributed by atoms with Crippen LogP contribution in [0.5, 0.6) is 5.75 Å². The van der Waals surface area contributed by atoms with Crippen LogP contribution in [0.25, 0.3) is 21.8 Å². The zero-order chi connectivity index (χ0) is 15.8. The third-order valence-electron chi connectivity index (χ3n) is 3.79. The molecular formula is C18H14ClN3O. The Hall–Kier alpha value is -2.72. The summed E-state index contributed by atoms with van der Waals surface area (Å²) in [4.78, 5) is 7.82. The lowest BCUT2D eigenvalue weighted by atomic mass is 10.2. The number of hydrogen-bond donors (Lipinski definition) is 2. The number of benzene rings is 2. The zero-order valence-corrected chi connectivity index (χ0v) is 13.2. The van der Waals surface area contributed by atoms with E-state index in [1.54, 1.807) is 7.11 Å². The fraction of sp³-hybridized carbons (Fsp3) is 0.0556. The van der Waals surface area contributed by atoms with Crippen LogP contribution in [-0.4, -0.2) is 17.1 Å². The van der Waals surface area contributed by atoms with Gasteiger partial charge in [0.2, 0.25) is 0 Å². The lowest BCUT2D eigenvalue weighted by Crippen LogP contribution is -1.95. The number of nitrogens with one attached hydrogen (secondary N) is 2. The molecule has 0 unspecified atom stereocenters. The summed E-state index contributed by atoms with van der Waals surface area (Å²) >= 11 is 6.37. The minimum Gasteiger partial charge on any atom is -0.497 e. The van der Waals surface area contributed by atoms with Crippen molar-refractivity contribution in [2.45, 2.75) is 0 Å². The molecule has 0 fully saturated rings. The average molecular weight is 324 g/mol. The van der Waals surface area contributed by atoms with Crippen LogP contribution in [0.1, 0.15) is 0 Å². The SMILES string of the molecule is COc1ccc2c(Cl)cc(Nc3ccc4cc[nH]c4c3)nc2c1. The van der Waals surface area contributed by atoms with E-state index >= 15 is 0 Å². The van der Waals surface area contributed by atoms with Crippen molar-refractivity contribution in [2.24, 2.45) is 0 Å². The summed E-state index contributed by atoms with van der Waals surface area (Å²) in [7, 11) is 1.64. The number of aromatic amines is 1. The first kappa shape index (κ1) is 13.9. The number of methoxy groups -OCH3 is 1. The first-order valence-electron chi connectivity index (χ1n) is 7.21. The lowest BCUT2D eigenvalue weighted by Gasteiger charge is -2.09. The second-order valence-corrected chi connectivity index (χ2v) is 5.68. The summed E-state index contributed by atoms with van der Waals surface area (Å²) in [6.45, 7) is 0. The number of H-pyrrole nitrogens is 1. The van der Waals surface area contributed by atoms with Crippen molar-refractivity contribution in [3.63, 3.8) is 0 Å². The minimum absolute atomic E-state index is 0.654. The fourth-order valence-electron chi connectivity index (χ4n) is 2.63. The molecule has 0 atom stereocenters. The molecular weight excluding hydrogens is 310 g/mol. The molecule has 2 aromatic carbocycles. The molecule has 5 heteroatoms. The first-order chi connectivity index (χ1) is 11.2. The molecule has 0 aliphatic heterocycles. The number of aromatic nitrogens is 2. The number of pyridine rings is 1. The van der Waals surface area contributed by atoms with E-state index in [4.69, 9.17) is 16.3 Å². The molecule has 0 aliphatic rings. The van der Waals surface area contributed by atoms with E-state index in [0.29, 0.717) is 10.8 Å². The van der Waals surface area contributed by atoms with Gasteiger partial charge in [0.05, 0.1) is 17.6 Å². The molecule has 4 rings (SSSR count). The van der Waals surface area contributed by atoms with Gasteiger partial charge in [-0.2, -0.15) is 0 Å². The maximum atomic E-state index is 6.37. The van der Waals surface area contributed by atoms with Gasteiger partial charge in [0.1, 0.15) is 11.6 Å². The Morgan fingerprint density at radius 1 is 1.09 bits per heavy atom. The van der Waals surface area contributed by atoms with E-state index in [1.165, 1.54) is 5.39 Å². The van der Waals surface area contributed by atoms with Gasteiger partial charge in [-0.3, -0.25) is 0 Å². The van der Waals surface area contributed by atoms with Gasteiger partial charge in [0.25, 0.3) is 0 Å². The first-order valence-corrected chi connectivity index (χ1v) is 7.59. The Balaban J connectivity index is 1.75. The Morgan fingerprint density at radius 2 is 2.00 bits per heavy atom. The predicted molar refractivity (Wildman–Crippen MR) is 94.9 cm³/mol. The van der Waals surface area contributed by atoms with Crippen molar-refractivity contribution < 1.29 is 4.74 Å². The lowest BCUT2D eigenvalue weighted by molar-refractivity contribution is 0.415. The van der Waals surface area contributed by atoms with Gasteiger partial charge in [-0.1, -0.05) is 17.7 Å². The number of hydrogen-bond acceptors (Lipinski definition) is 3. The molecule has 2 aromatic heterocycles. The monoisotopic (exact) mass is 323 g/mol. The maximum Gasteiger partial charge on any atom is 0.132 e. The highest BCUT2D eigenvalue weighted by Crippen LogP contribution is 2.29. The Morgan fingerprint density at radius 3 is 2.87 bits per heavy atom. The minimum atomic E-state index is 0.654. The summed E-state index contributed by atoms with van der Waals surface area (Å²) in [6, 6.07) is 15.6. The van der Waals surface area contributed by atoms with E-state index in [2.05, 4.69) is 21.4 Å². The Labute approximate surface area is 138 Å². The third kappa shape index (κ3) is 2.58. The van der Waals surface area contributed by atoms with Crippen LogP contribution >= 0.6 is 11.6 Å². The third-order valence-corrected chi connectivity index (χ3v) is 4.11. The molecule has 0 saturated heterocycles. The standard InChI is InChI=1S/C18H14ClN3O/c1-23-13-4-5-14-15(19)10-18(22-17(14)9-13)21-12-3-2-11-6-7-20-16(11)8-12/h2-10,20H,1H3,(H,21,22). The summed E-state index contributed by atoms with van der Waals surface area (Å²) in [5.41, 5.74) is 2.81. The van der Waals surface area contributed by atoms with Crippen LogP contribution in [-0.2, 0) is 0 Å². The van der Waals surface area contributed by atoms with E-state index in [9.17, 15) is 0 Å². The Kier molecular flexibility index (Phi) is 3.32. The fourth-order valence-corrected chi connectivity index (χ4v) is 2.89. The van der Waals surface area contributed by atoms with Crippen LogP contribution in [0.3, 0.4) is 0 Å². The predicted octanol–water partition coefficient (Wildman–Crippen LogP) is 5.12. The van der Waals surface area contributed by atoms with Gasteiger partial charge in [0, 0.05) is 34.9 Å². The molecule has 4 nitrogen and oxygen atoms in total. The maximum absolute atomic E-state index is 6.37. The molecule has 4 aromatic rings. The number of ether oxygens (including phenoxy) is 1. The van der Waals surface area contributed by atoms with Crippen LogP contribution in [0, 0.1) is 0 Å². The van der Waals surface area contributed by atoms with Crippen LogP contribution < -0.4 is 10.1 Å². The summed E-state index contributed by atoms with van der Waals surface area (Å²) in [5.74, 6) is 1.45. The Bertz CT molecular complexity index is 1010. The van der Waals surface area contributed by atoms with Crippen molar-refractivity contribution in [1.82, 2.24) is 9.97 Å². The number of anilines is 2. The molecule has 2 heterocycles. The van der Waals surface area contributed by atoms with Gasteiger partial charge in [-0.25, -0.2) is 4.98 Å². The smallest absolute Gasteiger partial charge is 0.132 e. The van der Waals surface area contributed by atoms with Crippen molar-refractivity contribution in [2.75, 3.05) is 12.4 Å². The summed E-state index contributed by atoms with van der Waals surface area (Å²) < 4.78 is 5.25. The molecule has 0 saturated carbocycles. The van der Waals surface area contributed by atoms with Gasteiger partial charge in [-0.05, 0) is 35.7 Å². The quantitative estimate of drug-likeness (QED) is 0.550. The highest BCUT2D eigenvalue weighted by molar-refractivity contribution is 6.35. The van der Waals surface area contributed by atoms with Gasteiger partial charge in [0.15, 0.2) is 0 Å². The molecule has 0 radical (unpaired) electrons. The molecule has 0 spiro atoms. The second-order valence-electron chi connectivity index (χ2n) is 5.28. The van der Waals surface area contributed by atoms with E-state index < -0.39 is 0 Å². The van der Waals surface area contributed by atoms with Crippen LogP contribution in [0.4, 0.5) is 11.5 Å². The summed E-state index contributed by atoms with van der Waals surface area (Å²) in [6.07, 6.45) is 1.92. The van der Waals surface area contributed by atoms with E-state index in [0.717, 1.165) is 27.9 Å². The van der Waals surface area contributed by atoms with Crippen molar-refractivity contribution in [3.8, 4) is 5.75 Å². The molecule has 2 N–H and O–H groups in total. The highest BCUT2D eigenvalue weighted by atomic mass is 35.5. The normalized spacial score (nSPS) is 11.0. The topological polar surface area (TPSA) is 49.9 Å². The molecule has 0 amide bonds. The van der Waals surface area contributed by atoms with E-state index in [-0.39, 0.29) is 0 Å². The number of rotatable bonds is 3. The second kappa shape index (κ2) is 5.48. The van der Waals surface area contributed by atoms with Crippen LogP contribution in [0.15, 0.2) is 54.7 Å². The highest BCUT2D eigenvalue weighted by Gasteiger charge is 2.06. The van der Waals surface area contributed by atoms with Gasteiger partial charge < -0.3 is 15.0 Å². The van der Waals surface area contributed by atoms with Crippen molar-refractivity contribution in [1.29, 1.82) is 0 Å². The average Bonchev–Trinajstić information content (AvgIpc) is 3.02. The zero-order valence-electron chi connectivity index (χ0n) is 12.4. The van der Waals surface area contributed by atoms with Crippen molar-refractivity contribution in [3.05, 3.63) is 59.8 Å². The summed E-state index contributed by atoms with van der Waals surface area (Å²) in [5, 5.41) is 6.03. The largest absolute Gasteiger partial charge is 0.497 e. The number of nitrogens with zero attached hydrogens (tertiary/aromatic N) is 1. The molecule has 0 bridgehead atoms. The molecule has 23 heavy (non-hydrogen) atoms. The number of fused-ring (bicyclic) bond motifs is 2. The van der Waals surface area contributed by atoms with Gasteiger partial charge >= 0.3 is 0 Å².